The number of benzene rings is 2. The number of rotatable bonds is 17. The number of aryl methyl sites for hydroxylation is 1. The average Bonchev–Trinajstić information content (AvgIpc) is 3.48. The quantitative estimate of drug-likeness (QED) is 0.161. The number of hydrogen-bond donors (Lipinski definition) is 0. The maximum absolute atomic E-state index is 13.8. The van der Waals surface area contributed by atoms with Crippen molar-refractivity contribution in [1.29, 1.82) is 0 Å². The van der Waals surface area contributed by atoms with Crippen molar-refractivity contribution in [2.75, 3.05) is 54.3 Å². The molecule has 0 saturated carbocycles. The largest absolute Gasteiger partial charge is 0.496 e. The van der Waals surface area contributed by atoms with Crippen LogP contribution >= 0.6 is 11.3 Å². The molecule has 0 saturated heterocycles. The van der Waals surface area contributed by atoms with Crippen molar-refractivity contribution in [1.82, 2.24) is 14.2 Å². The van der Waals surface area contributed by atoms with Crippen molar-refractivity contribution in [2.45, 2.75) is 32.6 Å². The van der Waals surface area contributed by atoms with E-state index in [-0.39, 0.29) is 24.7 Å². The molecule has 0 fully saturated rings. The van der Waals surface area contributed by atoms with E-state index in [0.717, 1.165) is 21.9 Å². The Morgan fingerprint density at radius 3 is 2.21 bits per heavy atom. The van der Waals surface area contributed by atoms with E-state index in [9.17, 15) is 18.0 Å². The molecular weight excluding hydrogens is 594 g/mol. The van der Waals surface area contributed by atoms with Gasteiger partial charge >= 0.3 is 0 Å². The molecule has 0 unspecified atom stereocenters. The average molecular weight is 634 g/mol. The van der Waals surface area contributed by atoms with Crippen LogP contribution in [0.3, 0.4) is 0 Å². The molecular formula is C30H39N3O8S2. The number of aromatic nitrogens is 1. The number of ether oxygens (including phenoxy) is 4. The summed E-state index contributed by atoms with van der Waals surface area (Å²) in [7, 11) is 3.29. The summed E-state index contributed by atoms with van der Waals surface area (Å²) in [5.74, 6) is -0.584. The van der Waals surface area contributed by atoms with Crippen LogP contribution in [0, 0.1) is 6.92 Å². The van der Waals surface area contributed by atoms with Gasteiger partial charge in [-0.2, -0.15) is 4.31 Å². The lowest BCUT2D eigenvalue weighted by atomic mass is 10.1. The molecule has 2 aromatic carbocycles. The van der Waals surface area contributed by atoms with E-state index >= 15 is 0 Å². The predicted octanol–water partition coefficient (Wildman–Crippen LogP) is 3.81. The lowest BCUT2D eigenvalue weighted by Crippen LogP contribution is -2.39. The summed E-state index contributed by atoms with van der Waals surface area (Å²) < 4.78 is 47.6. The molecule has 3 rings (SSSR count). The van der Waals surface area contributed by atoms with E-state index in [1.165, 1.54) is 52.2 Å². The Bertz CT molecular complexity index is 1450. The van der Waals surface area contributed by atoms with Gasteiger partial charge in [-0.15, -0.1) is 11.3 Å². The first-order chi connectivity index (χ1) is 20.5. The van der Waals surface area contributed by atoms with Gasteiger partial charge in [-0.05, 0) is 37.5 Å². The molecule has 0 aliphatic rings. The van der Waals surface area contributed by atoms with E-state index in [1.54, 1.807) is 17.0 Å². The number of hydrogen-bond acceptors (Lipinski definition) is 10. The maximum atomic E-state index is 13.8. The van der Waals surface area contributed by atoms with Crippen LogP contribution in [-0.2, 0) is 32.5 Å². The molecule has 0 aliphatic carbocycles. The third-order valence-electron chi connectivity index (χ3n) is 6.91. The summed E-state index contributed by atoms with van der Waals surface area (Å²) in [4.78, 5) is 32.8. The SMILES string of the molecule is COc1cc(C(=O)N(CCCc2ccccc2)Cc2nc(C(=O)CS(=O)(=O)N(C)CC(OC)OC)cs2)cc(OC)c1C. The number of amides is 1. The van der Waals surface area contributed by atoms with Crippen molar-refractivity contribution in [2.24, 2.45) is 0 Å². The molecule has 1 amide bonds. The maximum Gasteiger partial charge on any atom is 0.254 e. The number of likely N-dealkylation sites (N-methyl/N-ethyl adjacent to an activating group) is 1. The van der Waals surface area contributed by atoms with Gasteiger partial charge in [-0.25, -0.2) is 13.4 Å². The number of methoxy groups -OCH3 is 4. The normalized spacial score (nSPS) is 11.6. The van der Waals surface area contributed by atoms with E-state index in [2.05, 4.69) is 4.98 Å². The van der Waals surface area contributed by atoms with Crippen LogP contribution in [0.15, 0.2) is 47.8 Å². The highest BCUT2D eigenvalue weighted by molar-refractivity contribution is 7.89. The summed E-state index contributed by atoms with van der Waals surface area (Å²) in [6.07, 6.45) is 0.701. The van der Waals surface area contributed by atoms with Gasteiger partial charge in [-0.3, -0.25) is 9.59 Å². The molecule has 1 aromatic heterocycles. The fourth-order valence-corrected chi connectivity index (χ4v) is 6.22. The highest BCUT2D eigenvalue weighted by Gasteiger charge is 2.27. The first kappa shape index (κ1) is 34.1. The Balaban J connectivity index is 1.79. The molecule has 234 valence electrons. The van der Waals surface area contributed by atoms with Gasteiger partial charge in [0.05, 0.1) is 27.3 Å². The summed E-state index contributed by atoms with van der Waals surface area (Å²) in [6, 6.07) is 13.3. The van der Waals surface area contributed by atoms with E-state index in [4.69, 9.17) is 18.9 Å². The number of Topliss-reactive ketones (excluding diaryl/α,β-unsaturated/α-hetero) is 1. The molecule has 3 aromatic rings. The molecule has 0 bridgehead atoms. The van der Waals surface area contributed by atoms with Crippen LogP contribution in [0.25, 0.3) is 0 Å². The first-order valence-electron chi connectivity index (χ1n) is 13.6. The van der Waals surface area contributed by atoms with Crippen molar-refractivity contribution in [3.8, 4) is 11.5 Å². The minimum absolute atomic E-state index is 0.0300. The molecule has 0 atom stereocenters. The van der Waals surface area contributed by atoms with Crippen LogP contribution in [0.2, 0.25) is 0 Å². The first-order valence-corrected chi connectivity index (χ1v) is 16.0. The fourth-order valence-electron chi connectivity index (χ4n) is 4.36. The van der Waals surface area contributed by atoms with Crippen molar-refractivity contribution < 1.29 is 37.0 Å². The minimum atomic E-state index is -3.94. The Morgan fingerprint density at radius 1 is 1.00 bits per heavy atom. The number of carbonyl (C=O) groups is 2. The number of ketones is 1. The Kier molecular flexibility index (Phi) is 12.6. The van der Waals surface area contributed by atoms with E-state index < -0.39 is 27.8 Å². The lowest BCUT2D eigenvalue weighted by molar-refractivity contribution is -0.106. The summed E-state index contributed by atoms with van der Waals surface area (Å²) in [6.45, 7) is 2.34. The molecule has 0 N–H and O–H groups in total. The highest BCUT2D eigenvalue weighted by Crippen LogP contribution is 2.30. The molecule has 11 nitrogen and oxygen atoms in total. The van der Waals surface area contributed by atoms with Gasteiger partial charge < -0.3 is 23.8 Å². The van der Waals surface area contributed by atoms with Gasteiger partial charge in [0.25, 0.3) is 5.91 Å². The molecule has 1 heterocycles. The number of carbonyl (C=O) groups excluding carboxylic acids is 2. The lowest BCUT2D eigenvalue weighted by Gasteiger charge is -2.23. The third kappa shape index (κ3) is 9.31. The molecule has 43 heavy (non-hydrogen) atoms. The topological polar surface area (TPSA) is 125 Å². The molecule has 0 aliphatic heterocycles. The van der Waals surface area contributed by atoms with Gasteiger partial charge in [0, 0.05) is 44.3 Å². The second kappa shape index (κ2) is 15.9. The minimum Gasteiger partial charge on any atom is -0.496 e. The van der Waals surface area contributed by atoms with Crippen LogP contribution in [0.1, 0.15) is 43.4 Å². The van der Waals surface area contributed by atoms with E-state index in [1.807, 2.05) is 37.3 Å². The molecule has 0 spiro atoms. The van der Waals surface area contributed by atoms with Crippen molar-refractivity contribution in [3.05, 3.63) is 75.2 Å². The second-order valence-electron chi connectivity index (χ2n) is 9.81. The smallest absolute Gasteiger partial charge is 0.254 e. The highest BCUT2D eigenvalue weighted by atomic mass is 32.2. The molecule has 13 heteroatoms. The zero-order valence-corrected chi connectivity index (χ0v) is 27.0. The second-order valence-corrected chi connectivity index (χ2v) is 12.8. The van der Waals surface area contributed by atoms with Gasteiger partial charge in [0.1, 0.15) is 28.0 Å². The van der Waals surface area contributed by atoms with Gasteiger partial charge in [0.2, 0.25) is 10.0 Å². The fraction of sp³-hybridized carbons (Fsp3) is 0.433. The number of thiazole rings is 1. The van der Waals surface area contributed by atoms with Crippen LogP contribution in [0.5, 0.6) is 11.5 Å². The van der Waals surface area contributed by atoms with Gasteiger partial charge in [-0.1, -0.05) is 30.3 Å². The standard InChI is InChI=1S/C30H39N3O8S2/c1-21-26(38-3)15-23(16-27(21)39-4)30(35)33(14-10-13-22-11-8-7-9-12-22)17-28-31-24(19-42-28)25(34)20-43(36,37)32(2)18-29(40-5)41-6/h7-9,11-12,15-16,19,29H,10,13-14,17-18,20H2,1-6H3. The number of nitrogens with zero attached hydrogens (tertiary/aromatic N) is 3. The third-order valence-corrected chi connectivity index (χ3v) is 9.47. The van der Waals surface area contributed by atoms with Crippen molar-refractivity contribution >= 4 is 33.1 Å². The van der Waals surface area contributed by atoms with Crippen LogP contribution in [0.4, 0.5) is 0 Å². The summed E-state index contributed by atoms with van der Waals surface area (Å²) >= 11 is 1.20. The Labute approximate surface area is 257 Å². The van der Waals surface area contributed by atoms with Crippen molar-refractivity contribution in [3.63, 3.8) is 0 Å². The van der Waals surface area contributed by atoms with Gasteiger partial charge in [0.15, 0.2) is 12.1 Å². The van der Waals surface area contributed by atoms with Crippen LogP contribution < -0.4 is 9.47 Å². The number of sulfonamides is 1. The molecule has 0 radical (unpaired) electrons. The van der Waals surface area contributed by atoms with Crippen LogP contribution in [-0.4, -0.2) is 94.9 Å². The summed E-state index contributed by atoms with van der Waals surface area (Å²) in [5.41, 5.74) is 2.36. The Morgan fingerprint density at radius 2 is 1.63 bits per heavy atom. The zero-order valence-electron chi connectivity index (χ0n) is 25.4. The van der Waals surface area contributed by atoms with E-state index in [0.29, 0.717) is 35.0 Å². The predicted molar refractivity (Wildman–Crippen MR) is 164 cm³/mol. The monoisotopic (exact) mass is 633 g/mol. The Hall–Kier alpha value is -3.36. The summed E-state index contributed by atoms with van der Waals surface area (Å²) in [5, 5.41) is 2.03. The zero-order chi connectivity index (χ0) is 31.6.